The highest BCUT2D eigenvalue weighted by atomic mass is 35.5. The van der Waals surface area contributed by atoms with Gasteiger partial charge in [0.25, 0.3) is 0 Å². The zero-order valence-electron chi connectivity index (χ0n) is 11.7. The number of benzene rings is 1. The first-order valence-corrected chi connectivity index (χ1v) is 7.41. The molecular weight excluding hydrogens is 295 g/mol. The quantitative estimate of drug-likeness (QED) is 0.840. The molecule has 0 spiro atoms. The van der Waals surface area contributed by atoms with Crippen LogP contribution >= 0.6 is 11.6 Å². The summed E-state index contributed by atoms with van der Waals surface area (Å²) in [5.41, 5.74) is 0.597. The molecule has 2 fully saturated rings. The van der Waals surface area contributed by atoms with Crippen LogP contribution in [0.2, 0.25) is 5.02 Å². The van der Waals surface area contributed by atoms with Gasteiger partial charge in [0.2, 0.25) is 11.8 Å². The highest BCUT2D eigenvalue weighted by Crippen LogP contribution is 2.28. The third-order valence-corrected chi connectivity index (χ3v) is 4.42. The topological polar surface area (TPSA) is 40.6 Å². The molecule has 2 aliphatic rings. The fraction of sp³-hybridized carbons (Fsp3) is 0.467. The summed E-state index contributed by atoms with van der Waals surface area (Å²) in [7, 11) is 0. The van der Waals surface area contributed by atoms with Crippen LogP contribution in [0.4, 0.5) is 4.39 Å². The van der Waals surface area contributed by atoms with Crippen LogP contribution < -0.4 is 0 Å². The van der Waals surface area contributed by atoms with Crippen molar-refractivity contribution in [2.24, 2.45) is 0 Å². The van der Waals surface area contributed by atoms with E-state index < -0.39 is 11.9 Å². The molecule has 6 heteroatoms. The maximum Gasteiger partial charge on any atom is 0.246 e. The van der Waals surface area contributed by atoms with Crippen LogP contribution in [0, 0.1) is 5.82 Å². The van der Waals surface area contributed by atoms with Gasteiger partial charge in [0.15, 0.2) is 0 Å². The van der Waals surface area contributed by atoms with Gasteiger partial charge in [-0.3, -0.25) is 9.59 Å². The molecule has 1 aromatic rings. The molecule has 112 valence electrons. The van der Waals surface area contributed by atoms with Gasteiger partial charge in [-0.15, -0.1) is 0 Å². The zero-order chi connectivity index (χ0) is 15.1. The van der Waals surface area contributed by atoms with Gasteiger partial charge in [-0.1, -0.05) is 11.6 Å². The number of rotatable bonds is 2. The van der Waals surface area contributed by atoms with E-state index in [0.29, 0.717) is 18.5 Å². The van der Waals surface area contributed by atoms with Crippen molar-refractivity contribution in [1.82, 2.24) is 9.80 Å². The minimum absolute atomic E-state index is 0.0281. The molecule has 0 radical (unpaired) electrons. The van der Waals surface area contributed by atoms with Crippen molar-refractivity contribution in [3.8, 4) is 0 Å². The fourth-order valence-corrected chi connectivity index (χ4v) is 3.40. The van der Waals surface area contributed by atoms with E-state index >= 15 is 0 Å². The van der Waals surface area contributed by atoms with E-state index in [-0.39, 0.29) is 29.4 Å². The molecule has 2 heterocycles. The molecule has 1 aromatic carbocycles. The Hall–Kier alpha value is -1.62. The number of piperazine rings is 1. The smallest absolute Gasteiger partial charge is 0.246 e. The molecular formula is C15H16ClFN2O2. The molecule has 2 saturated heterocycles. The van der Waals surface area contributed by atoms with E-state index in [1.165, 1.54) is 17.0 Å². The third-order valence-electron chi connectivity index (χ3n) is 4.20. The van der Waals surface area contributed by atoms with E-state index in [2.05, 4.69) is 0 Å². The number of hydrogen-bond acceptors (Lipinski definition) is 2. The van der Waals surface area contributed by atoms with Crippen LogP contribution in [-0.2, 0) is 16.1 Å². The first-order chi connectivity index (χ1) is 9.97. The van der Waals surface area contributed by atoms with Crippen LogP contribution in [0.1, 0.15) is 25.3 Å². The Labute approximate surface area is 127 Å². The molecule has 0 saturated carbocycles. The summed E-state index contributed by atoms with van der Waals surface area (Å²) in [5.74, 6) is -0.525. The van der Waals surface area contributed by atoms with E-state index in [1.807, 2.05) is 0 Å². The van der Waals surface area contributed by atoms with Crippen LogP contribution in [0.25, 0.3) is 0 Å². The van der Waals surface area contributed by atoms with Crippen molar-refractivity contribution in [3.63, 3.8) is 0 Å². The van der Waals surface area contributed by atoms with Crippen molar-refractivity contribution in [2.75, 3.05) is 6.54 Å². The van der Waals surface area contributed by atoms with Crippen molar-refractivity contribution in [2.45, 2.75) is 38.4 Å². The van der Waals surface area contributed by atoms with Crippen molar-refractivity contribution in [3.05, 3.63) is 34.6 Å². The van der Waals surface area contributed by atoms with E-state index in [4.69, 9.17) is 11.6 Å². The second-order valence-corrected chi connectivity index (χ2v) is 6.05. The number of fused-ring (bicyclic) bond motifs is 1. The molecule has 3 rings (SSSR count). The molecule has 0 aliphatic carbocycles. The summed E-state index contributed by atoms with van der Waals surface area (Å²) in [6.07, 6.45) is 1.56. The molecule has 0 bridgehead atoms. The molecule has 2 amide bonds. The molecule has 2 aliphatic heterocycles. The van der Waals surface area contributed by atoms with Gasteiger partial charge < -0.3 is 9.80 Å². The lowest BCUT2D eigenvalue weighted by Gasteiger charge is -2.41. The van der Waals surface area contributed by atoms with Gasteiger partial charge in [-0.05, 0) is 43.5 Å². The number of halogens is 2. The molecule has 0 unspecified atom stereocenters. The summed E-state index contributed by atoms with van der Waals surface area (Å²) >= 11 is 5.84. The fourth-order valence-electron chi connectivity index (χ4n) is 3.16. The molecule has 4 nitrogen and oxygen atoms in total. The summed E-state index contributed by atoms with van der Waals surface area (Å²) in [4.78, 5) is 28.1. The Morgan fingerprint density at radius 3 is 2.76 bits per heavy atom. The minimum atomic E-state index is -0.520. The monoisotopic (exact) mass is 310 g/mol. The Balaban J connectivity index is 1.86. The van der Waals surface area contributed by atoms with Crippen molar-refractivity contribution in [1.29, 1.82) is 0 Å². The lowest BCUT2D eigenvalue weighted by atomic mass is 10.0. The number of carbonyl (C=O) groups is 2. The third kappa shape index (κ3) is 2.50. The van der Waals surface area contributed by atoms with Crippen molar-refractivity contribution < 1.29 is 14.0 Å². The van der Waals surface area contributed by atoms with Gasteiger partial charge >= 0.3 is 0 Å². The van der Waals surface area contributed by atoms with Crippen LogP contribution in [0.5, 0.6) is 0 Å². The lowest BCUT2D eigenvalue weighted by molar-refractivity contribution is -0.159. The number of carbonyl (C=O) groups excluding carboxylic acids is 2. The Kier molecular flexibility index (Phi) is 3.61. The molecule has 21 heavy (non-hydrogen) atoms. The summed E-state index contributed by atoms with van der Waals surface area (Å²) in [5, 5.41) is 0.288. The number of nitrogens with zero attached hydrogens (tertiary/aromatic N) is 2. The number of hydrogen-bond donors (Lipinski definition) is 0. The Bertz CT molecular complexity index is 587. The first kappa shape index (κ1) is 14.3. The van der Waals surface area contributed by atoms with Crippen LogP contribution in [0.3, 0.4) is 0 Å². The van der Waals surface area contributed by atoms with Crippen LogP contribution in [0.15, 0.2) is 18.2 Å². The first-order valence-electron chi connectivity index (χ1n) is 7.03. The standard InChI is InChI=1S/C15H16ClFN2O2/c1-9-14(20)18-4-2-3-13(18)15(21)19(9)8-10-5-11(16)7-12(17)6-10/h5-7,9,13H,2-4,8H2,1H3/t9-,13+/m0/s1. The van der Waals surface area contributed by atoms with Gasteiger partial charge in [-0.25, -0.2) is 4.39 Å². The normalized spacial score (nSPS) is 25.5. The average Bonchev–Trinajstić information content (AvgIpc) is 2.90. The van der Waals surface area contributed by atoms with E-state index in [0.717, 1.165) is 6.42 Å². The van der Waals surface area contributed by atoms with E-state index in [9.17, 15) is 14.0 Å². The van der Waals surface area contributed by atoms with Gasteiger partial charge in [-0.2, -0.15) is 0 Å². The SMILES string of the molecule is C[C@H]1C(=O)N2CCC[C@@H]2C(=O)N1Cc1cc(F)cc(Cl)c1. The highest BCUT2D eigenvalue weighted by molar-refractivity contribution is 6.30. The summed E-state index contributed by atoms with van der Waals surface area (Å²) in [6, 6.07) is 3.32. The zero-order valence-corrected chi connectivity index (χ0v) is 12.4. The lowest BCUT2D eigenvalue weighted by Crippen LogP contribution is -2.61. The van der Waals surface area contributed by atoms with Gasteiger partial charge in [0.1, 0.15) is 17.9 Å². The maximum atomic E-state index is 13.4. The van der Waals surface area contributed by atoms with Crippen molar-refractivity contribution >= 4 is 23.4 Å². The second-order valence-electron chi connectivity index (χ2n) is 5.61. The predicted octanol–water partition coefficient (Wildman–Crippen LogP) is 2.20. The Morgan fingerprint density at radius 1 is 1.29 bits per heavy atom. The number of amides is 2. The highest BCUT2D eigenvalue weighted by Gasteiger charge is 2.45. The summed E-state index contributed by atoms with van der Waals surface area (Å²) in [6.45, 7) is 2.57. The van der Waals surface area contributed by atoms with Gasteiger partial charge in [0, 0.05) is 18.1 Å². The average molecular weight is 311 g/mol. The molecule has 2 atom stereocenters. The molecule has 0 N–H and O–H groups in total. The predicted molar refractivity (Wildman–Crippen MR) is 76.2 cm³/mol. The summed E-state index contributed by atoms with van der Waals surface area (Å²) < 4.78 is 13.4. The largest absolute Gasteiger partial charge is 0.329 e. The maximum absolute atomic E-state index is 13.4. The minimum Gasteiger partial charge on any atom is -0.329 e. The second kappa shape index (κ2) is 5.30. The van der Waals surface area contributed by atoms with Crippen LogP contribution in [-0.4, -0.2) is 40.2 Å². The Morgan fingerprint density at radius 2 is 2.05 bits per heavy atom. The molecule has 0 aromatic heterocycles. The van der Waals surface area contributed by atoms with E-state index in [1.54, 1.807) is 17.9 Å². The van der Waals surface area contributed by atoms with Gasteiger partial charge in [0.05, 0.1) is 0 Å².